The fourth-order valence-electron chi connectivity index (χ4n) is 14.6. The zero-order valence-corrected chi connectivity index (χ0v) is 64.7. The van der Waals surface area contributed by atoms with Crippen molar-refractivity contribution in [3.8, 4) is 40.2 Å². The van der Waals surface area contributed by atoms with Crippen molar-refractivity contribution >= 4 is 85.5 Å². The first-order valence-corrected chi connectivity index (χ1v) is 37.6. The van der Waals surface area contributed by atoms with Gasteiger partial charge in [0, 0.05) is 62.6 Å². The van der Waals surface area contributed by atoms with Crippen LogP contribution < -0.4 is 34.8 Å². The molecule has 5 atom stereocenters. The maximum Gasteiger partial charge on any atom is 0.329 e. The van der Waals surface area contributed by atoms with Gasteiger partial charge in [0.2, 0.25) is 17.7 Å². The van der Waals surface area contributed by atoms with Crippen LogP contribution in [-0.4, -0.2) is 121 Å². The molecule has 4 heterocycles. The molecule has 0 spiro atoms. The van der Waals surface area contributed by atoms with Gasteiger partial charge in [-0.15, -0.1) is 0 Å². The molecule has 108 heavy (non-hydrogen) atoms. The first-order valence-electron chi connectivity index (χ1n) is 37.6. The van der Waals surface area contributed by atoms with E-state index in [1.54, 1.807) is 18.2 Å². The van der Waals surface area contributed by atoms with Crippen molar-refractivity contribution in [2.75, 3.05) is 39.5 Å². The van der Waals surface area contributed by atoms with Crippen molar-refractivity contribution in [1.82, 2.24) is 20.4 Å². The van der Waals surface area contributed by atoms with E-state index in [9.17, 15) is 19.2 Å². The minimum atomic E-state index is -1.50. The standard InChI is InChI=1S/C88H98N4O16/c1-47(2)37-63(83(99)101-35-33-69(93)89-43-57-45-103-57)91-79(95)59-39-65(105-53-25-17-49(18-26-53)85(5,6)7)73-75-67(107-55-29-21-51(22-30-55)87(11,12)13)41-61-72-62(82(98)92(81(61)97)64(38-48(3)4)84(100)102-36-34-70(94)90-44-58-46-104-58)42-68(108-56-31-23-52(24-32-56)88(14,15)16)76(78(72)75)74-66(40-60(80(91)96)71(59)77(73)74)106-54-27-19-50(20-28-54)86(8,9)10/h17-32,39-41,47-48,57-58,62-64H,33-38,42-46H2,1-16H3,(H,89,93)(H,90,94). The highest BCUT2D eigenvalue weighted by Gasteiger charge is 2.51. The number of fused-ring (bicyclic) bond motifs is 2. The lowest BCUT2D eigenvalue weighted by Crippen LogP contribution is -2.55. The number of imide groups is 2. The summed E-state index contributed by atoms with van der Waals surface area (Å²) < 4.78 is 51.7. The number of hydrogen-bond acceptors (Lipinski definition) is 16. The van der Waals surface area contributed by atoms with E-state index in [-0.39, 0.29) is 164 Å². The molecular weight excluding hydrogens is 1370 g/mol. The lowest BCUT2D eigenvalue weighted by Gasteiger charge is -2.40. The van der Waals surface area contributed by atoms with E-state index >= 15 is 19.2 Å². The van der Waals surface area contributed by atoms with Crippen LogP contribution in [0.25, 0.3) is 38.1 Å². The second-order valence-corrected chi connectivity index (χ2v) is 34.1. The zero-order chi connectivity index (χ0) is 77.4. The highest BCUT2D eigenvalue weighted by Crippen LogP contribution is 2.55. The number of ether oxygens (including phenoxy) is 8. The number of esters is 2. The van der Waals surface area contributed by atoms with Gasteiger partial charge in [-0.1, -0.05) is 159 Å². The molecule has 0 radical (unpaired) electrons. The van der Waals surface area contributed by atoms with Gasteiger partial charge in [0.15, 0.2) is 0 Å². The van der Waals surface area contributed by atoms with Gasteiger partial charge in [0.25, 0.3) is 17.7 Å². The first kappa shape index (κ1) is 76.0. The van der Waals surface area contributed by atoms with Crippen LogP contribution in [0.15, 0.2) is 115 Å². The van der Waals surface area contributed by atoms with Crippen LogP contribution in [0, 0.1) is 11.8 Å². The molecule has 13 rings (SSSR count). The van der Waals surface area contributed by atoms with Crippen LogP contribution in [-0.2, 0) is 64.6 Å². The molecule has 5 aliphatic rings. The van der Waals surface area contributed by atoms with Gasteiger partial charge in [-0.25, -0.2) is 9.59 Å². The van der Waals surface area contributed by atoms with E-state index in [2.05, 4.69) is 93.7 Å². The number of nitrogens with one attached hydrogen (secondary N) is 2. The first-order chi connectivity index (χ1) is 51.0. The molecule has 2 N–H and O–H groups in total. The Labute approximate surface area is 630 Å². The topological polar surface area (TPSA) is 248 Å². The fraction of sp³-hybridized carbons (Fsp3) is 0.432. The number of benzene rings is 8. The minimum Gasteiger partial charge on any atom is -0.464 e. The van der Waals surface area contributed by atoms with E-state index in [1.165, 1.54) is 0 Å². The molecule has 4 aliphatic heterocycles. The molecule has 0 bridgehead atoms. The molecule has 5 unspecified atom stereocenters. The van der Waals surface area contributed by atoms with E-state index in [0.29, 0.717) is 70.7 Å². The smallest absolute Gasteiger partial charge is 0.329 e. The maximum atomic E-state index is 16.5. The number of nitrogens with zero attached hydrogens (tertiary/aromatic N) is 2. The van der Waals surface area contributed by atoms with Gasteiger partial charge in [-0.3, -0.25) is 38.6 Å². The SMILES string of the molecule is CC(C)CC(C(=O)OCCC(=O)NCC1CO1)N1C(=O)c2cc(Oc3ccc(C(C)(C)C)cc3)c3c4c5c6c(cc(Oc7ccc(C(C)(C)C)cc7)c5c5c(Oc7ccc(C(C)(C)C)cc7)cc(c2c35)C1=O)C(=O)N(C(CC(C)C)C(=O)OCCC(=O)NCC1CO1)C(=O)C6CC=4Oc1ccc(C(C)(C)C)cc1. The summed E-state index contributed by atoms with van der Waals surface area (Å²) in [5.74, 6) is -5.64. The van der Waals surface area contributed by atoms with Crippen molar-refractivity contribution < 1.29 is 76.3 Å². The normalized spacial score (nSPS) is 17.5. The van der Waals surface area contributed by atoms with Crippen LogP contribution in [0.3, 0.4) is 0 Å². The minimum absolute atomic E-state index is 0.00128. The number of rotatable bonds is 26. The molecule has 20 nitrogen and oxygen atoms in total. The average Bonchev–Trinajstić information content (AvgIpc) is 0.828. The Morgan fingerprint density at radius 2 is 0.787 bits per heavy atom. The molecule has 8 aromatic rings. The summed E-state index contributed by atoms with van der Waals surface area (Å²) in [5.41, 5.74) is 3.17. The van der Waals surface area contributed by atoms with Gasteiger partial charge >= 0.3 is 11.9 Å². The van der Waals surface area contributed by atoms with Crippen LogP contribution >= 0.6 is 0 Å². The van der Waals surface area contributed by atoms with Crippen LogP contribution in [0.5, 0.6) is 40.2 Å². The summed E-state index contributed by atoms with van der Waals surface area (Å²) >= 11 is 0. The van der Waals surface area contributed by atoms with Crippen LogP contribution in [0.2, 0.25) is 0 Å². The van der Waals surface area contributed by atoms with Gasteiger partial charge in [0.1, 0.15) is 71.3 Å². The van der Waals surface area contributed by atoms with E-state index in [0.717, 1.165) is 32.1 Å². The molecule has 8 aromatic carbocycles. The molecule has 0 aromatic heterocycles. The third-order valence-electron chi connectivity index (χ3n) is 20.7. The maximum absolute atomic E-state index is 16.5. The summed E-state index contributed by atoms with van der Waals surface area (Å²) in [6.07, 6.45) is -0.755. The number of hydrogen-bond donors (Lipinski definition) is 2. The Morgan fingerprint density at radius 1 is 0.444 bits per heavy atom. The molecule has 2 saturated heterocycles. The Balaban J connectivity index is 1.13. The van der Waals surface area contributed by atoms with E-state index in [4.69, 9.17) is 37.9 Å². The molecule has 2 fully saturated rings. The average molecular weight is 1470 g/mol. The van der Waals surface area contributed by atoms with Crippen molar-refractivity contribution in [2.45, 2.75) is 195 Å². The van der Waals surface area contributed by atoms with Gasteiger partial charge in [0.05, 0.1) is 55.3 Å². The zero-order valence-electron chi connectivity index (χ0n) is 64.7. The molecule has 1 aliphatic carbocycles. The Kier molecular flexibility index (Phi) is 20.7. The number of amides is 6. The van der Waals surface area contributed by atoms with E-state index in [1.807, 2.05) is 125 Å². The number of carbonyl (C=O) groups excluding carboxylic acids is 8. The third kappa shape index (κ3) is 15.8. The second kappa shape index (κ2) is 29.4. The van der Waals surface area contributed by atoms with Crippen LogP contribution in [0.1, 0.15) is 208 Å². The van der Waals surface area contributed by atoms with Crippen molar-refractivity contribution in [1.29, 1.82) is 0 Å². The predicted octanol–water partition coefficient (Wildman–Crippen LogP) is 15.4. The summed E-state index contributed by atoms with van der Waals surface area (Å²) in [4.78, 5) is 124. The molecular formula is C88H98N4O16. The quantitative estimate of drug-likeness (QED) is 0.0168. The van der Waals surface area contributed by atoms with Crippen LogP contribution in [0.4, 0.5) is 0 Å². The summed E-state index contributed by atoms with van der Waals surface area (Å²) in [7, 11) is 0. The molecule has 0 saturated carbocycles. The summed E-state index contributed by atoms with van der Waals surface area (Å²) in [6, 6.07) is 32.2. The number of epoxide rings is 2. The van der Waals surface area contributed by atoms with Gasteiger partial charge in [-0.05, 0) is 141 Å². The van der Waals surface area contributed by atoms with Gasteiger partial charge in [-0.2, -0.15) is 0 Å². The third-order valence-corrected chi connectivity index (χ3v) is 20.7. The molecule has 566 valence electrons. The number of carbonyl (C=O) groups is 8. The second-order valence-electron chi connectivity index (χ2n) is 34.1. The van der Waals surface area contributed by atoms with Gasteiger partial charge < -0.3 is 48.5 Å². The Hall–Kier alpha value is -10.2. The Bertz CT molecular complexity index is 4940. The fourth-order valence-corrected chi connectivity index (χ4v) is 14.6. The summed E-state index contributed by atoms with van der Waals surface area (Å²) in [6.45, 7) is 33.7. The largest absolute Gasteiger partial charge is 0.464 e. The molecule has 20 heteroatoms. The lowest BCUT2D eigenvalue weighted by molar-refractivity contribution is -0.155. The molecule has 6 amide bonds. The van der Waals surface area contributed by atoms with E-state index < -0.39 is 53.6 Å². The highest BCUT2D eigenvalue weighted by atomic mass is 16.6. The van der Waals surface area contributed by atoms with Crippen molar-refractivity contribution in [2.24, 2.45) is 11.8 Å². The monoisotopic (exact) mass is 1470 g/mol. The lowest BCUT2D eigenvalue weighted by atomic mass is 9.74. The predicted molar refractivity (Wildman–Crippen MR) is 411 cm³/mol. The highest BCUT2D eigenvalue weighted by molar-refractivity contribution is 6.37. The van der Waals surface area contributed by atoms with Crippen molar-refractivity contribution in [3.05, 3.63) is 165 Å². The Morgan fingerprint density at radius 3 is 1.16 bits per heavy atom. The summed E-state index contributed by atoms with van der Waals surface area (Å²) in [5, 5.41) is 7.57. The van der Waals surface area contributed by atoms with Crippen molar-refractivity contribution in [3.63, 3.8) is 0 Å².